The molecule has 1 fully saturated rings. The zero-order chi connectivity index (χ0) is 14.7. The van der Waals surface area contributed by atoms with Crippen LogP contribution >= 0.6 is 0 Å². The number of benzene rings is 1. The highest BCUT2D eigenvalue weighted by atomic mass is 15.0. The van der Waals surface area contributed by atoms with Gasteiger partial charge in [0.15, 0.2) is 0 Å². The summed E-state index contributed by atoms with van der Waals surface area (Å²) in [6.45, 7) is 2.19. The number of hydrogen-bond acceptors (Lipinski definition) is 3. The lowest BCUT2D eigenvalue weighted by Crippen LogP contribution is -2.08. The minimum absolute atomic E-state index is 0.785. The number of aromatic nitrogens is 2. The standard InChI is InChI=1S/C18H23N3/c1-3-5-16-17(20-12-21-18(16)19-2)15-10-8-14(9-11-15)13-6-4-7-13/h8-13H,3-7H2,1-2H3,(H,19,20,21). The van der Waals surface area contributed by atoms with E-state index >= 15 is 0 Å². The molecule has 1 aliphatic rings. The summed E-state index contributed by atoms with van der Waals surface area (Å²) >= 11 is 0. The molecule has 110 valence electrons. The van der Waals surface area contributed by atoms with E-state index in [-0.39, 0.29) is 0 Å². The van der Waals surface area contributed by atoms with Crippen LogP contribution in [0.15, 0.2) is 30.6 Å². The molecule has 3 rings (SSSR count). The van der Waals surface area contributed by atoms with E-state index < -0.39 is 0 Å². The fourth-order valence-corrected chi connectivity index (χ4v) is 3.02. The summed E-state index contributed by atoms with van der Waals surface area (Å²) in [5, 5.41) is 3.19. The Labute approximate surface area is 126 Å². The van der Waals surface area contributed by atoms with Gasteiger partial charge in [-0.2, -0.15) is 0 Å². The molecule has 1 aromatic heterocycles. The Bertz CT molecular complexity index is 600. The third kappa shape index (κ3) is 2.78. The average molecular weight is 281 g/mol. The lowest BCUT2D eigenvalue weighted by Gasteiger charge is -2.25. The zero-order valence-corrected chi connectivity index (χ0v) is 12.9. The summed E-state index contributed by atoms with van der Waals surface area (Å²) in [7, 11) is 1.92. The Balaban J connectivity index is 1.95. The summed E-state index contributed by atoms with van der Waals surface area (Å²) in [6, 6.07) is 8.98. The second-order valence-electron chi connectivity index (χ2n) is 5.80. The van der Waals surface area contributed by atoms with Crippen molar-refractivity contribution in [3.05, 3.63) is 41.7 Å². The lowest BCUT2D eigenvalue weighted by atomic mass is 9.80. The lowest BCUT2D eigenvalue weighted by molar-refractivity contribution is 0.420. The van der Waals surface area contributed by atoms with Crippen molar-refractivity contribution >= 4 is 5.82 Å². The summed E-state index contributed by atoms with van der Waals surface area (Å²) < 4.78 is 0. The van der Waals surface area contributed by atoms with Gasteiger partial charge >= 0.3 is 0 Å². The van der Waals surface area contributed by atoms with Crippen molar-refractivity contribution in [1.82, 2.24) is 9.97 Å². The van der Waals surface area contributed by atoms with Crippen LogP contribution in [0.1, 0.15) is 49.7 Å². The van der Waals surface area contributed by atoms with Gasteiger partial charge in [0.25, 0.3) is 0 Å². The molecule has 3 heteroatoms. The Morgan fingerprint density at radius 1 is 1.14 bits per heavy atom. The highest BCUT2D eigenvalue weighted by Crippen LogP contribution is 2.37. The first kappa shape index (κ1) is 14.1. The first-order valence-electron chi connectivity index (χ1n) is 7.95. The number of nitrogens with one attached hydrogen (secondary N) is 1. The van der Waals surface area contributed by atoms with Crippen LogP contribution in [0.2, 0.25) is 0 Å². The molecule has 0 saturated heterocycles. The largest absolute Gasteiger partial charge is 0.373 e. The summed E-state index contributed by atoms with van der Waals surface area (Å²) in [5.41, 5.74) is 4.96. The van der Waals surface area contributed by atoms with Crippen molar-refractivity contribution in [1.29, 1.82) is 0 Å². The van der Waals surface area contributed by atoms with Gasteiger partial charge in [0.2, 0.25) is 0 Å². The molecular weight excluding hydrogens is 258 g/mol. The van der Waals surface area contributed by atoms with Gasteiger partial charge in [-0.25, -0.2) is 9.97 Å². The van der Waals surface area contributed by atoms with Gasteiger partial charge in [-0.1, -0.05) is 44.0 Å². The Morgan fingerprint density at radius 2 is 1.90 bits per heavy atom. The van der Waals surface area contributed by atoms with E-state index in [1.54, 1.807) is 6.33 Å². The second-order valence-corrected chi connectivity index (χ2v) is 5.80. The zero-order valence-electron chi connectivity index (χ0n) is 12.9. The molecule has 3 nitrogen and oxygen atoms in total. The Hall–Kier alpha value is -1.90. The predicted molar refractivity (Wildman–Crippen MR) is 87.6 cm³/mol. The normalized spacial score (nSPS) is 14.8. The van der Waals surface area contributed by atoms with Gasteiger partial charge < -0.3 is 5.32 Å². The van der Waals surface area contributed by atoms with E-state index in [1.807, 2.05) is 7.05 Å². The molecule has 0 amide bonds. The highest BCUT2D eigenvalue weighted by molar-refractivity contribution is 5.68. The molecule has 0 aliphatic heterocycles. The molecular formula is C18H23N3. The maximum absolute atomic E-state index is 4.53. The third-order valence-electron chi connectivity index (χ3n) is 4.44. The number of hydrogen-bond donors (Lipinski definition) is 1. The Kier molecular flexibility index (Phi) is 4.18. The van der Waals surface area contributed by atoms with Crippen LogP contribution in [-0.2, 0) is 6.42 Å². The maximum Gasteiger partial charge on any atom is 0.132 e. The fourth-order valence-electron chi connectivity index (χ4n) is 3.02. The van der Waals surface area contributed by atoms with Gasteiger partial charge in [-0.3, -0.25) is 0 Å². The third-order valence-corrected chi connectivity index (χ3v) is 4.44. The van der Waals surface area contributed by atoms with E-state index in [0.29, 0.717) is 0 Å². The minimum atomic E-state index is 0.785. The molecule has 1 saturated carbocycles. The van der Waals surface area contributed by atoms with Crippen LogP contribution in [0, 0.1) is 0 Å². The number of nitrogens with zero attached hydrogens (tertiary/aromatic N) is 2. The number of anilines is 1. The first-order chi connectivity index (χ1) is 10.3. The van der Waals surface area contributed by atoms with Gasteiger partial charge in [0.1, 0.15) is 12.1 Å². The van der Waals surface area contributed by atoms with Crippen molar-refractivity contribution < 1.29 is 0 Å². The Morgan fingerprint density at radius 3 is 2.48 bits per heavy atom. The molecule has 0 atom stereocenters. The van der Waals surface area contributed by atoms with Gasteiger partial charge in [0.05, 0.1) is 5.69 Å². The van der Waals surface area contributed by atoms with Crippen LogP contribution < -0.4 is 5.32 Å². The second kappa shape index (κ2) is 6.25. The van der Waals surface area contributed by atoms with Crippen LogP contribution in [0.4, 0.5) is 5.82 Å². The predicted octanol–water partition coefficient (Wildman–Crippen LogP) is 4.41. The van der Waals surface area contributed by atoms with Gasteiger partial charge in [-0.15, -0.1) is 0 Å². The van der Waals surface area contributed by atoms with Crippen molar-refractivity contribution in [3.8, 4) is 11.3 Å². The van der Waals surface area contributed by atoms with Gasteiger partial charge in [-0.05, 0) is 30.7 Å². The fraction of sp³-hybridized carbons (Fsp3) is 0.444. The topological polar surface area (TPSA) is 37.8 Å². The molecule has 1 N–H and O–H groups in total. The molecule has 1 aromatic carbocycles. The summed E-state index contributed by atoms with van der Waals surface area (Å²) in [5.74, 6) is 1.73. The van der Waals surface area contributed by atoms with Crippen LogP contribution in [0.3, 0.4) is 0 Å². The van der Waals surface area contributed by atoms with Crippen LogP contribution in [0.25, 0.3) is 11.3 Å². The quantitative estimate of drug-likeness (QED) is 0.882. The van der Waals surface area contributed by atoms with E-state index in [0.717, 1.165) is 30.3 Å². The smallest absolute Gasteiger partial charge is 0.132 e. The molecule has 1 aliphatic carbocycles. The SMILES string of the molecule is CCCc1c(NC)ncnc1-c1ccc(C2CCC2)cc1. The molecule has 1 heterocycles. The van der Waals surface area contributed by atoms with Crippen molar-refractivity contribution in [2.75, 3.05) is 12.4 Å². The van der Waals surface area contributed by atoms with E-state index in [9.17, 15) is 0 Å². The molecule has 0 radical (unpaired) electrons. The maximum atomic E-state index is 4.53. The highest BCUT2D eigenvalue weighted by Gasteiger charge is 2.19. The van der Waals surface area contributed by atoms with Crippen LogP contribution in [-0.4, -0.2) is 17.0 Å². The van der Waals surface area contributed by atoms with Crippen molar-refractivity contribution in [2.45, 2.75) is 44.9 Å². The minimum Gasteiger partial charge on any atom is -0.373 e. The monoisotopic (exact) mass is 281 g/mol. The average Bonchev–Trinajstić information content (AvgIpc) is 2.47. The van der Waals surface area contributed by atoms with Gasteiger partial charge in [0, 0.05) is 18.2 Å². The van der Waals surface area contributed by atoms with Crippen molar-refractivity contribution in [3.63, 3.8) is 0 Å². The first-order valence-corrected chi connectivity index (χ1v) is 7.95. The van der Waals surface area contributed by atoms with E-state index in [1.165, 1.54) is 36.0 Å². The summed E-state index contributed by atoms with van der Waals surface area (Å²) in [6.07, 6.45) is 7.81. The van der Waals surface area contributed by atoms with E-state index in [2.05, 4.69) is 46.5 Å². The molecule has 0 bridgehead atoms. The van der Waals surface area contributed by atoms with Crippen molar-refractivity contribution in [2.24, 2.45) is 0 Å². The number of rotatable bonds is 5. The molecule has 21 heavy (non-hydrogen) atoms. The molecule has 0 spiro atoms. The van der Waals surface area contributed by atoms with E-state index in [4.69, 9.17) is 0 Å². The van der Waals surface area contributed by atoms with Crippen LogP contribution in [0.5, 0.6) is 0 Å². The summed E-state index contributed by atoms with van der Waals surface area (Å²) in [4.78, 5) is 8.88. The molecule has 0 unspecified atom stereocenters. The molecule has 2 aromatic rings.